The number of ether oxygens (including phenoxy) is 1. The van der Waals surface area contributed by atoms with Gasteiger partial charge in [-0.2, -0.15) is 0 Å². The molecule has 0 radical (unpaired) electrons. The molecule has 2 aromatic heterocycles. The highest BCUT2D eigenvalue weighted by molar-refractivity contribution is 7.18. The summed E-state index contributed by atoms with van der Waals surface area (Å²) in [5, 5.41) is 3.65. The number of benzene rings is 1. The van der Waals surface area contributed by atoms with Gasteiger partial charge in [0.25, 0.3) is 5.56 Å². The van der Waals surface area contributed by atoms with Crippen LogP contribution in [-0.4, -0.2) is 23.0 Å². The summed E-state index contributed by atoms with van der Waals surface area (Å²) < 4.78 is 5.30. The van der Waals surface area contributed by atoms with Crippen molar-refractivity contribution in [3.05, 3.63) is 56.4 Å². The fourth-order valence-corrected chi connectivity index (χ4v) is 4.97. The number of carbonyl (C=O) groups is 1. The molecule has 1 aliphatic carbocycles. The lowest BCUT2D eigenvalue weighted by Crippen LogP contribution is -2.24. The van der Waals surface area contributed by atoms with Crippen molar-refractivity contribution in [3.8, 4) is 5.75 Å². The van der Waals surface area contributed by atoms with Crippen LogP contribution in [-0.2, 0) is 30.6 Å². The molecule has 4 rings (SSSR count). The summed E-state index contributed by atoms with van der Waals surface area (Å²) in [5.41, 5.74) is 2.03. The molecule has 0 fully saturated rings. The maximum Gasteiger partial charge on any atom is 0.259 e. The van der Waals surface area contributed by atoms with Gasteiger partial charge in [0.1, 0.15) is 16.4 Å². The number of amides is 1. The van der Waals surface area contributed by atoms with Crippen molar-refractivity contribution in [3.63, 3.8) is 0 Å². The van der Waals surface area contributed by atoms with E-state index in [1.54, 1.807) is 18.4 Å². The van der Waals surface area contributed by atoms with Gasteiger partial charge in [-0.1, -0.05) is 18.2 Å². The molecule has 3 aromatic rings. The second-order valence-corrected chi connectivity index (χ2v) is 8.08. The summed E-state index contributed by atoms with van der Waals surface area (Å²) in [4.78, 5) is 34.4. The number of fused-ring (bicyclic) bond motifs is 3. The molecule has 1 aromatic carbocycles. The van der Waals surface area contributed by atoms with Crippen LogP contribution < -0.4 is 15.6 Å². The van der Waals surface area contributed by atoms with Crippen LogP contribution in [0.3, 0.4) is 0 Å². The Morgan fingerprint density at radius 2 is 2.11 bits per heavy atom. The predicted octanol–water partition coefficient (Wildman–Crippen LogP) is 3.12. The first-order valence-electron chi connectivity index (χ1n) is 9.57. The maximum absolute atomic E-state index is 12.6. The van der Waals surface area contributed by atoms with Crippen LogP contribution in [0.5, 0.6) is 5.75 Å². The van der Waals surface area contributed by atoms with E-state index in [1.165, 1.54) is 16.9 Å². The van der Waals surface area contributed by atoms with Gasteiger partial charge in [-0.15, -0.1) is 11.3 Å². The summed E-state index contributed by atoms with van der Waals surface area (Å²) in [7, 11) is 1.61. The number of carbonyl (C=O) groups excluding carboxylic acids is 1. The van der Waals surface area contributed by atoms with Crippen molar-refractivity contribution in [2.24, 2.45) is 0 Å². The molecule has 1 aliphatic rings. The number of thiophene rings is 1. The van der Waals surface area contributed by atoms with Crippen molar-refractivity contribution in [1.82, 2.24) is 15.3 Å². The normalized spacial score (nSPS) is 13.3. The van der Waals surface area contributed by atoms with Crippen molar-refractivity contribution >= 4 is 27.5 Å². The molecule has 0 atom stereocenters. The van der Waals surface area contributed by atoms with Gasteiger partial charge < -0.3 is 15.0 Å². The number of aromatic nitrogens is 2. The summed E-state index contributed by atoms with van der Waals surface area (Å²) in [6, 6.07) is 7.59. The van der Waals surface area contributed by atoms with Gasteiger partial charge in [-0.05, 0) is 37.3 Å². The smallest absolute Gasteiger partial charge is 0.259 e. The first-order valence-corrected chi connectivity index (χ1v) is 10.4. The fraction of sp³-hybridized carbons (Fsp3) is 0.381. The van der Waals surface area contributed by atoms with Crippen LogP contribution in [0.15, 0.2) is 29.1 Å². The summed E-state index contributed by atoms with van der Waals surface area (Å²) >= 11 is 1.63. The van der Waals surface area contributed by atoms with E-state index in [1.807, 2.05) is 24.3 Å². The second-order valence-electron chi connectivity index (χ2n) is 6.99. The molecule has 0 unspecified atom stereocenters. The molecule has 28 heavy (non-hydrogen) atoms. The molecule has 7 heteroatoms. The second kappa shape index (κ2) is 8.14. The highest BCUT2D eigenvalue weighted by Crippen LogP contribution is 2.33. The Kier molecular flexibility index (Phi) is 5.43. The van der Waals surface area contributed by atoms with Crippen molar-refractivity contribution < 1.29 is 9.53 Å². The lowest BCUT2D eigenvalue weighted by atomic mass is 9.97. The Labute approximate surface area is 167 Å². The van der Waals surface area contributed by atoms with E-state index in [2.05, 4.69) is 15.3 Å². The summed E-state index contributed by atoms with van der Waals surface area (Å²) in [6.07, 6.45) is 4.99. The van der Waals surface area contributed by atoms with E-state index >= 15 is 0 Å². The van der Waals surface area contributed by atoms with Crippen molar-refractivity contribution in [1.29, 1.82) is 0 Å². The van der Waals surface area contributed by atoms with Crippen molar-refractivity contribution in [2.45, 2.75) is 45.1 Å². The number of aryl methyl sites for hydroxylation is 3. The number of H-pyrrole nitrogens is 1. The third-order valence-electron chi connectivity index (χ3n) is 5.13. The van der Waals surface area contributed by atoms with Crippen molar-refractivity contribution in [2.75, 3.05) is 7.11 Å². The molecule has 0 spiro atoms. The number of methoxy groups -OCH3 is 1. The molecular formula is C21H23N3O3S. The molecule has 0 aliphatic heterocycles. The average molecular weight is 398 g/mol. The maximum atomic E-state index is 12.6. The fourth-order valence-electron chi connectivity index (χ4n) is 3.69. The van der Waals surface area contributed by atoms with Gasteiger partial charge in [0.2, 0.25) is 5.91 Å². The number of rotatable bonds is 6. The Hall–Kier alpha value is -2.67. The Balaban J connectivity index is 1.41. The SMILES string of the molecule is COc1ccccc1CNC(=O)CCc1nc2sc3c(c2c(=O)[nH]1)CCCC3. The van der Waals surface area contributed by atoms with Gasteiger partial charge >= 0.3 is 0 Å². The minimum atomic E-state index is -0.0841. The lowest BCUT2D eigenvalue weighted by molar-refractivity contribution is -0.121. The van der Waals surface area contributed by atoms with Gasteiger partial charge in [-0.3, -0.25) is 9.59 Å². The van der Waals surface area contributed by atoms with E-state index in [0.29, 0.717) is 18.8 Å². The molecule has 1 amide bonds. The van der Waals surface area contributed by atoms with Crippen LogP contribution in [0.1, 0.15) is 41.1 Å². The number of nitrogens with one attached hydrogen (secondary N) is 2. The minimum Gasteiger partial charge on any atom is -0.496 e. The number of nitrogens with zero attached hydrogens (tertiary/aromatic N) is 1. The standard InChI is InChI=1S/C21H23N3O3S/c1-27-15-8-4-2-6-13(15)12-22-18(25)11-10-17-23-20(26)19-14-7-3-5-9-16(14)28-21(19)24-17/h2,4,6,8H,3,5,7,9-12H2,1H3,(H,22,25)(H,23,24,26). The predicted molar refractivity (Wildman–Crippen MR) is 110 cm³/mol. The zero-order chi connectivity index (χ0) is 19.5. The number of hydrogen-bond acceptors (Lipinski definition) is 5. The van der Waals surface area contributed by atoms with E-state index in [0.717, 1.165) is 40.8 Å². The first kappa shape index (κ1) is 18.7. The van der Waals surface area contributed by atoms with Crippen LogP contribution in [0.4, 0.5) is 0 Å². The van der Waals surface area contributed by atoms with E-state index < -0.39 is 0 Å². The van der Waals surface area contributed by atoms with E-state index in [9.17, 15) is 9.59 Å². The van der Waals surface area contributed by atoms with Gasteiger partial charge in [-0.25, -0.2) is 4.98 Å². The van der Waals surface area contributed by atoms with Gasteiger partial charge in [0.15, 0.2) is 0 Å². The Bertz CT molecular complexity index is 1070. The molecule has 2 heterocycles. The minimum absolute atomic E-state index is 0.0752. The average Bonchev–Trinajstić information content (AvgIpc) is 3.09. The zero-order valence-corrected chi connectivity index (χ0v) is 16.7. The third kappa shape index (κ3) is 3.80. The van der Waals surface area contributed by atoms with Crippen LogP contribution in [0.2, 0.25) is 0 Å². The molecule has 0 saturated heterocycles. The van der Waals surface area contributed by atoms with E-state index in [4.69, 9.17) is 4.74 Å². The van der Waals surface area contributed by atoms with Gasteiger partial charge in [0, 0.05) is 29.8 Å². The largest absolute Gasteiger partial charge is 0.496 e. The highest BCUT2D eigenvalue weighted by atomic mass is 32.1. The Morgan fingerprint density at radius 3 is 2.96 bits per heavy atom. The monoisotopic (exact) mass is 397 g/mol. The van der Waals surface area contributed by atoms with E-state index in [-0.39, 0.29) is 17.9 Å². The number of aromatic amines is 1. The first-order chi connectivity index (χ1) is 13.7. The van der Waals surface area contributed by atoms with Gasteiger partial charge in [0.05, 0.1) is 12.5 Å². The van der Waals surface area contributed by atoms with Crippen LogP contribution >= 0.6 is 11.3 Å². The molecular weight excluding hydrogens is 374 g/mol. The molecule has 146 valence electrons. The Morgan fingerprint density at radius 1 is 1.29 bits per heavy atom. The zero-order valence-electron chi connectivity index (χ0n) is 15.8. The molecule has 0 bridgehead atoms. The van der Waals surface area contributed by atoms with Crippen LogP contribution in [0, 0.1) is 0 Å². The lowest BCUT2D eigenvalue weighted by Gasteiger charge is -2.10. The molecule has 6 nitrogen and oxygen atoms in total. The quantitative estimate of drug-likeness (QED) is 0.669. The molecule has 2 N–H and O–H groups in total. The highest BCUT2D eigenvalue weighted by Gasteiger charge is 2.19. The summed E-state index contributed by atoms with van der Waals surface area (Å²) in [6.45, 7) is 0.406. The number of para-hydroxylation sites is 1. The van der Waals surface area contributed by atoms with Crippen LogP contribution in [0.25, 0.3) is 10.2 Å². The molecule has 0 saturated carbocycles. The topological polar surface area (TPSA) is 84.1 Å². The third-order valence-corrected chi connectivity index (χ3v) is 6.32. The summed E-state index contributed by atoms with van der Waals surface area (Å²) in [5.74, 6) is 1.24. The number of hydrogen-bond donors (Lipinski definition) is 2.